The lowest BCUT2D eigenvalue weighted by Gasteiger charge is -2.26. The van der Waals surface area contributed by atoms with Gasteiger partial charge in [-0.25, -0.2) is 0 Å². The summed E-state index contributed by atoms with van der Waals surface area (Å²) in [5, 5.41) is 6.19. The molecule has 0 atom stereocenters. The van der Waals surface area contributed by atoms with E-state index in [9.17, 15) is 4.79 Å². The van der Waals surface area contributed by atoms with Gasteiger partial charge in [0.25, 0.3) is 0 Å². The van der Waals surface area contributed by atoms with Crippen LogP contribution in [0.25, 0.3) is 0 Å². The van der Waals surface area contributed by atoms with Gasteiger partial charge >= 0.3 is 0 Å². The molecule has 4 nitrogen and oxygen atoms in total. The van der Waals surface area contributed by atoms with Crippen LogP contribution in [0.2, 0.25) is 0 Å². The average Bonchev–Trinajstić information content (AvgIpc) is 2.42. The summed E-state index contributed by atoms with van der Waals surface area (Å²) in [6, 6.07) is 8.03. The van der Waals surface area contributed by atoms with Gasteiger partial charge in [-0.2, -0.15) is 0 Å². The van der Waals surface area contributed by atoms with Crippen LogP contribution in [0.3, 0.4) is 0 Å². The smallest absolute Gasteiger partial charge is 0.230 e. The fraction of sp³-hybridized carbons (Fsp3) is 0.562. The van der Waals surface area contributed by atoms with Crippen LogP contribution in [0.4, 0.5) is 0 Å². The van der Waals surface area contributed by atoms with Gasteiger partial charge in [-0.05, 0) is 31.9 Å². The Labute approximate surface area is 134 Å². The molecule has 5 heteroatoms. The summed E-state index contributed by atoms with van der Waals surface area (Å²) < 4.78 is 4.94. The Kier molecular flexibility index (Phi) is 9.26. The first kappa shape index (κ1) is 19.9. The lowest BCUT2D eigenvalue weighted by Crippen LogP contribution is -2.43. The minimum Gasteiger partial charge on any atom is -0.383 e. The Morgan fingerprint density at radius 2 is 1.86 bits per heavy atom. The van der Waals surface area contributed by atoms with Crippen molar-refractivity contribution < 1.29 is 9.53 Å². The number of amides is 1. The Morgan fingerprint density at radius 1 is 1.19 bits per heavy atom. The molecule has 21 heavy (non-hydrogen) atoms. The summed E-state index contributed by atoms with van der Waals surface area (Å²) in [6.45, 7) is 8.82. The van der Waals surface area contributed by atoms with E-state index in [0.717, 1.165) is 24.2 Å². The van der Waals surface area contributed by atoms with Crippen LogP contribution in [0.5, 0.6) is 0 Å². The van der Waals surface area contributed by atoms with Gasteiger partial charge in [0.15, 0.2) is 0 Å². The molecule has 0 aliphatic carbocycles. The highest BCUT2D eigenvalue weighted by molar-refractivity contribution is 5.87. The van der Waals surface area contributed by atoms with E-state index in [0.29, 0.717) is 13.2 Å². The monoisotopic (exact) mass is 314 g/mol. The molecule has 0 saturated carbocycles. The van der Waals surface area contributed by atoms with Gasteiger partial charge < -0.3 is 15.4 Å². The van der Waals surface area contributed by atoms with Crippen molar-refractivity contribution in [2.75, 3.05) is 33.4 Å². The number of hydrogen-bond donors (Lipinski definition) is 2. The molecular weight excluding hydrogens is 288 g/mol. The van der Waals surface area contributed by atoms with Crippen LogP contribution in [0, 0.1) is 6.92 Å². The molecule has 2 N–H and O–H groups in total. The van der Waals surface area contributed by atoms with E-state index >= 15 is 0 Å². The third kappa shape index (κ3) is 6.04. The predicted octanol–water partition coefficient (Wildman–Crippen LogP) is 2.05. The molecule has 1 amide bonds. The lowest BCUT2D eigenvalue weighted by atomic mass is 9.81. The molecule has 1 aromatic carbocycles. The Balaban J connectivity index is 0.00000400. The second-order valence-corrected chi connectivity index (χ2v) is 5.44. The van der Waals surface area contributed by atoms with Crippen molar-refractivity contribution in [3.63, 3.8) is 0 Å². The molecule has 0 unspecified atom stereocenters. The predicted molar refractivity (Wildman–Crippen MR) is 89.2 cm³/mol. The zero-order valence-electron chi connectivity index (χ0n) is 13.4. The van der Waals surface area contributed by atoms with Crippen LogP contribution < -0.4 is 10.6 Å². The number of aryl methyl sites for hydroxylation is 1. The molecule has 1 rings (SSSR count). The SMILES string of the molecule is COCCNCCNC(=O)C(C)(C)c1ccccc1C.Cl. The number of methoxy groups -OCH3 is 1. The van der Waals surface area contributed by atoms with Crippen LogP contribution in [-0.2, 0) is 14.9 Å². The van der Waals surface area contributed by atoms with E-state index in [1.165, 1.54) is 0 Å². The van der Waals surface area contributed by atoms with Crippen molar-refractivity contribution in [2.45, 2.75) is 26.2 Å². The second-order valence-electron chi connectivity index (χ2n) is 5.44. The summed E-state index contributed by atoms with van der Waals surface area (Å²) in [5.41, 5.74) is 1.70. The topological polar surface area (TPSA) is 50.4 Å². The van der Waals surface area contributed by atoms with Crippen molar-refractivity contribution in [1.29, 1.82) is 0 Å². The van der Waals surface area contributed by atoms with Crippen molar-refractivity contribution in [2.24, 2.45) is 0 Å². The number of ether oxygens (including phenoxy) is 1. The number of nitrogens with one attached hydrogen (secondary N) is 2. The first-order chi connectivity index (χ1) is 9.50. The Morgan fingerprint density at radius 3 is 2.48 bits per heavy atom. The normalized spacial score (nSPS) is 10.9. The summed E-state index contributed by atoms with van der Waals surface area (Å²) >= 11 is 0. The lowest BCUT2D eigenvalue weighted by molar-refractivity contribution is -0.125. The molecular formula is C16H27ClN2O2. The molecule has 0 bridgehead atoms. The summed E-state index contributed by atoms with van der Waals surface area (Å²) in [6.07, 6.45) is 0. The maximum Gasteiger partial charge on any atom is 0.230 e. The number of hydrogen-bond acceptors (Lipinski definition) is 3. The van der Waals surface area contributed by atoms with Crippen LogP contribution in [0.15, 0.2) is 24.3 Å². The van der Waals surface area contributed by atoms with Crippen LogP contribution in [-0.4, -0.2) is 39.3 Å². The first-order valence-electron chi connectivity index (χ1n) is 7.04. The number of carbonyl (C=O) groups excluding carboxylic acids is 1. The van der Waals surface area contributed by atoms with E-state index < -0.39 is 5.41 Å². The van der Waals surface area contributed by atoms with E-state index in [2.05, 4.69) is 10.6 Å². The quantitative estimate of drug-likeness (QED) is 0.722. The minimum atomic E-state index is -0.516. The van der Waals surface area contributed by atoms with Crippen molar-refractivity contribution in [1.82, 2.24) is 10.6 Å². The summed E-state index contributed by atoms with van der Waals surface area (Å²) in [4.78, 5) is 12.3. The van der Waals surface area contributed by atoms with Crippen molar-refractivity contribution >= 4 is 18.3 Å². The Bertz CT molecular complexity index is 436. The van der Waals surface area contributed by atoms with E-state index in [-0.39, 0.29) is 18.3 Å². The van der Waals surface area contributed by atoms with E-state index in [1.54, 1.807) is 7.11 Å². The molecule has 0 aliphatic rings. The van der Waals surface area contributed by atoms with Crippen LogP contribution >= 0.6 is 12.4 Å². The summed E-state index contributed by atoms with van der Waals surface area (Å²) in [7, 11) is 1.67. The maximum absolute atomic E-state index is 12.3. The van der Waals surface area contributed by atoms with Crippen LogP contribution in [0.1, 0.15) is 25.0 Å². The fourth-order valence-electron chi connectivity index (χ4n) is 2.18. The van der Waals surface area contributed by atoms with Gasteiger partial charge in [-0.3, -0.25) is 4.79 Å². The average molecular weight is 315 g/mol. The zero-order chi connectivity index (χ0) is 15.0. The third-order valence-corrected chi connectivity index (χ3v) is 3.46. The fourth-order valence-corrected chi connectivity index (χ4v) is 2.18. The maximum atomic E-state index is 12.3. The van der Waals surface area contributed by atoms with Gasteiger partial charge in [0.2, 0.25) is 5.91 Å². The highest BCUT2D eigenvalue weighted by atomic mass is 35.5. The van der Waals surface area contributed by atoms with Crippen molar-refractivity contribution in [3.8, 4) is 0 Å². The highest BCUT2D eigenvalue weighted by Gasteiger charge is 2.30. The standard InChI is InChI=1S/C16H26N2O2.ClH/c1-13-7-5-6-8-14(13)16(2,3)15(19)18-10-9-17-11-12-20-4;/h5-8,17H,9-12H2,1-4H3,(H,18,19);1H. The van der Waals surface area contributed by atoms with E-state index in [4.69, 9.17) is 4.74 Å². The van der Waals surface area contributed by atoms with Gasteiger partial charge in [-0.1, -0.05) is 24.3 Å². The number of carbonyl (C=O) groups is 1. The highest BCUT2D eigenvalue weighted by Crippen LogP contribution is 2.26. The Hall–Kier alpha value is -1.10. The molecule has 0 radical (unpaired) electrons. The first-order valence-corrected chi connectivity index (χ1v) is 7.04. The molecule has 0 aliphatic heterocycles. The second kappa shape index (κ2) is 9.77. The number of benzene rings is 1. The number of rotatable bonds is 8. The molecule has 0 spiro atoms. The minimum absolute atomic E-state index is 0. The zero-order valence-corrected chi connectivity index (χ0v) is 14.2. The summed E-state index contributed by atoms with van der Waals surface area (Å²) in [5.74, 6) is 0.0559. The third-order valence-electron chi connectivity index (χ3n) is 3.46. The van der Waals surface area contributed by atoms with Gasteiger partial charge in [0.1, 0.15) is 0 Å². The molecule has 1 aromatic rings. The molecule has 0 heterocycles. The van der Waals surface area contributed by atoms with Crippen molar-refractivity contribution in [3.05, 3.63) is 35.4 Å². The largest absolute Gasteiger partial charge is 0.383 e. The van der Waals surface area contributed by atoms with Gasteiger partial charge in [0.05, 0.1) is 12.0 Å². The molecule has 0 aromatic heterocycles. The molecule has 0 fully saturated rings. The van der Waals surface area contributed by atoms with E-state index in [1.807, 2.05) is 45.0 Å². The van der Waals surface area contributed by atoms with Gasteiger partial charge in [0, 0.05) is 26.7 Å². The van der Waals surface area contributed by atoms with Gasteiger partial charge in [-0.15, -0.1) is 12.4 Å². The number of halogens is 1. The molecule has 0 saturated heterocycles. The molecule has 120 valence electrons.